The molecular weight excluding hydrogens is 352 g/mol. The summed E-state index contributed by atoms with van der Waals surface area (Å²) in [5, 5.41) is 0.537. The first-order valence-electron chi connectivity index (χ1n) is 9.73. The lowest BCUT2D eigenvalue weighted by Gasteiger charge is -2.06. The molecule has 0 unspecified atom stereocenters. The molecule has 0 aliphatic rings. The molecule has 0 heterocycles. The van der Waals surface area contributed by atoms with Gasteiger partial charge >= 0.3 is 11.9 Å². The SMILES string of the molecule is CCCCCCCCOC(=O)CCCCCC(=O)Oc1cccc(Cl)c1. The third kappa shape index (κ3) is 11.9. The van der Waals surface area contributed by atoms with Gasteiger partial charge in [-0.1, -0.05) is 63.1 Å². The highest BCUT2D eigenvalue weighted by atomic mass is 35.5. The van der Waals surface area contributed by atoms with Gasteiger partial charge in [-0.25, -0.2) is 0 Å². The summed E-state index contributed by atoms with van der Waals surface area (Å²) in [6.45, 7) is 2.72. The average molecular weight is 383 g/mol. The van der Waals surface area contributed by atoms with E-state index in [1.807, 2.05) is 0 Å². The fourth-order valence-electron chi connectivity index (χ4n) is 2.57. The maximum Gasteiger partial charge on any atom is 0.311 e. The third-order valence-electron chi connectivity index (χ3n) is 4.05. The first kappa shape index (κ1) is 22.5. The molecule has 0 radical (unpaired) electrons. The molecule has 0 aliphatic heterocycles. The lowest BCUT2D eigenvalue weighted by molar-refractivity contribution is -0.143. The Kier molecular flexibility index (Phi) is 12.6. The normalized spacial score (nSPS) is 10.5. The van der Waals surface area contributed by atoms with E-state index >= 15 is 0 Å². The maximum atomic E-state index is 11.7. The van der Waals surface area contributed by atoms with Gasteiger partial charge in [-0.3, -0.25) is 9.59 Å². The van der Waals surface area contributed by atoms with E-state index in [-0.39, 0.29) is 11.9 Å². The van der Waals surface area contributed by atoms with Gasteiger partial charge < -0.3 is 9.47 Å². The monoisotopic (exact) mass is 382 g/mol. The summed E-state index contributed by atoms with van der Waals surface area (Å²) in [5.41, 5.74) is 0. The van der Waals surface area contributed by atoms with Crippen molar-refractivity contribution in [2.45, 2.75) is 77.6 Å². The molecule has 1 aromatic carbocycles. The van der Waals surface area contributed by atoms with Gasteiger partial charge in [0.1, 0.15) is 5.75 Å². The molecule has 0 bridgehead atoms. The van der Waals surface area contributed by atoms with Gasteiger partial charge in [0.2, 0.25) is 0 Å². The summed E-state index contributed by atoms with van der Waals surface area (Å²) in [6, 6.07) is 6.77. The molecule has 1 rings (SSSR count). The third-order valence-corrected chi connectivity index (χ3v) is 4.29. The van der Waals surface area contributed by atoms with E-state index in [1.54, 1.807) is 24.3 Å². The van der Waals surface area contributed by atoms with Crippen LogP contribution in [0, 0.1) is 0 Å². The number of halogens is 1. The van der Waals surface area contributed by atoms with Crippen LogP contribution in [0.25, 0.3) is 0 Å². The van der Waals surface area contributed by atoms with E-state index in [9.17, 15) is 9.59 Å². The fourth-order valence-corrected chi connectivity index (χ4v) is 2.75. The summed E-state index contributed by atoms with van der Waals surface area (Å²) < 4.78 is 10.4. The zero-order valence-electron chi connectivity index (χ0n) is 15.8. The summed E-state index contributed by atoms with van der Waals surface area (Å²) in [7, 11) is 0. The minimum Gasteiger partial charge on any atom is -0.466 e. The largest absolute Gasteiger partial charge is 0.466 e. The Morgan fingerprint density at radius 3 is 2.27 bits per heavy atom. The smallest absolute Gasteiger partial charge is 0.311 e. The molecule has 1 aromatic rings. The second kappa shape index (κ2) is 14.6. The number of rotatable bonds is 14. The van der Waals surface area contributed by atoms with Crippen LogP contribution < -0.4 is 4.74 Å². The molecule has 0 amide bonds. The molecule has 26 heavy (non-hydrogen) atoms. The molecule has 0 aliphatic carbocycles. The van der Waals surface area contributed by atoms with Crippen LogP contribution in [-0.4, -0.2) is 18.5 Å². The number of carbonyl (C=O) groups excluding carboxylic acids is 2. The van der Waals surface area contributed by atoms with Crippen molar-refractivity contribution in [3.05, 3.63) is 29.3 Å². The highest BCUT2D eigenvalue weighted by Crippen LogP contribution is 2.18. The number of esters is 2. The van der Waals surface area contributed by atoms with E-state index in [2.05, 4.69) is 6.92 Å². The maximum absolute atomic E-state index is 11.7. The number of benzene rings is 1. The van der Waals surface area contributed by atoms with Crippen LogP contribution in [-0.2, 0) is 14.3 Å². The molecule has 0 fully saturated rings. The van der Waals surface area contributed by atoms with Crippen LogP contribution in [0.5, 0.6) is 5.75 Å². The Balaban J connectivity index is 1.96. The van der Waals surface area contributed by atoms with Gasteiger partial charge in [0.25, 0.3) is 0 Å². The highest BCUT2D eigenvalue weighted by molar-refractivity contribution is 6.30. The van der Waals surface area contributed by atoms with E-state index < -0.39 is 0 Å². The minimum atomic E-state index is -0.280. The first-order chi connectivity index (χ1) is 12.6. The molecule has 0 saturated carbocycles. The Bertz CT molecular complexity index is 530. The molecule has 146 valence electrons. The second-order valence-corrected chi connectivity index (χ2v) is 6.92. The molecule has 0 atom stereocenters. The Morgan fingerprint density at radius 2 is 1.54 bits per heavy atom. The van der Waals surface area contributed by atoms with Crippen LogP contribution in [0.4, 0.5) is 0 Å². The van der Waals surface area contributed by atoms with Crippen LogP contribution in [0.1, 0.15) is 77.6 Å². The Labute approximate surface area is 162 Å². The number of carbonyl (C=O) groups is 2. The van der Waals surface area contributed by atoms with Crippen molar-refractivity contribution >= 4 is 23.5 Å². The second-order valence-electron chi connectivity index (χ2n) is 6.48. The van der Waals surface area contributed by atoms with Gasteiger partial charge in [-0.2, -0.15) is 0 Å². The van der Waals surface area contributed by atoms with Crippen LogP contribution >= 0.6 is 11.6 Å². The lowest BCUT2D eigenvalue weighted by atomic mass is 10.1. The number of hydrogen-bond acceptors (Lipinski definition) is 4. The summed E-state index contributed by atoms with van der Waals surface area (Å²) in [4.78, 5) is 23.4. The first-order valence-corrected chi connectivity index (χ1v) is 10.1. The molecule has 0 aromatic heterocycles. The van der Waals surface area contributed by atoms with Crippen molar-refractivity contribution in [2.75, 3.05) is 6.61 Å². The van der Waals surface area contributed by atoms with Gasteiger partial charge in [-0.15, -0.1) is 0 Å². The zero-order chi connectivity index (χ0) is 19.0. The van der Waals surface area contributed by atoms with Crippen molar-refractivity contribution < 1.29 is 19.1 Å². The summed E-state index contributed by atoms with van der Waals surface area (Å²) in [6.07, 6.45) is 10.1. The summed E-state index contributed by atoms with van der Waals surface area (Å²) >= 11 is 5.84. The highest BCUT2D eigenvalue weighted by Gasteiger charge is 2.07. The average Bonchev–Trinajstić information content (AvgIpc) is 2.60. The van der Waals surface area contributed by atoms with E-state index in [0.717, 1.165) is 25.7 Å². The van der Waals surface area contributed by atoms with E-state index in [1.165, 1.54) is 25.7 Å². The predicted octanol–water partition coefficient (Wildman–Crippen LogP) is 6.10. The number of ether oxygens (including phenoxy) is 2. The van der Waals surface area contributed by atoms with Gasteiger partial charge in [-0.05, 0) is 37.5 Å². The Morgan fingerprint density at radius 1 is 0.885 bits per heavy atom. The van der Waals surface area contributed by atoms with Gasteiger partial charge in [0.15, 0.2) is 0 Å². The number of hydrogen-bond donors (Lipinski definition) is 0. The predicted molar refractivity (Wildman–Crippen MR) is 105 cm³/mol. The van der Waals surface area contributed by atoms with Crippen molar-refractivity contribution in [1.29, 1.82) is 0 Å². The molecular formula is C21H31ClO4. The van der Waals surface area contributed by atoms with Crippen LogP contribution in [0.15, 0.2) is 24.3 Å². The van der Waals surface area contributed by atoms with Crippen molar-refractivity contribution in [3.63, 3.8) is 0 Å². The molecule has 0 saturated heterocycles. The van der Waals surface area contributed by atoms with Crippen molar-refractivity contribution in [1.82, 2.24) is 0 Å². The lowest BCUT2D eigenvalue weighted by Crippen LogP contribution is -2.08. The van der Waals surface area contributed by atoms with Gasteiger partial charge in [0, 0.05) is 17.9 Å². The van der Waals surface area contributed by atoms with E-state index in [4.69, 9.17) is 21.1 Å². The zero-order valence-corrected chi connectivity index (χ0v) is 16.6. The van der Waals surface area contributed by atoms with Crippen LogP contribution in [0.3, 0.4) is 0 Å². The minimum absolute atomic E-state index is 0.139. The van der Waals surface area contributed by atoms with E-state index in [0.29, 0.717) is 36.6 Å². The van der Waals surface area contributed by atoms with Crippen molar-refractivity contribution in [2.24, 2.45) is 0 Å². The topological polar surface area (TPSA) is 52.6 Å². The molecule has 5 heteroatoms. The molecule has 4 nitrogen and oxygen atoms in total. The van der Waals surface area contributed by atoms with Crippen LogP contribution in [0.2, 0.25) is 5.02 Å². The molecule has 0 spiro atoms. The quantitative estimate of drug-likeness (QED) is 0.221. The Hall–Kier alpha value is -1.55. The standard InChI is InChI=1S/C21H31ClO4/c1-2-3-4-5-6-10-16-25-20(23)14-8-7-9-15-21(24)26-19-13-11-12-18(22)17-19/h11-13,17H,2-10,14-16H2,1H3. The fraction of sp³-hybridized carbons (Fsp3) is 0.619. The number of unbranched alkanes of at least 4 members (excludes halogenated alkanes) is 7. The summed E-state index contributed by atoms with van der Waals surface area (Å²) in [5.74, 6) is 0.0405. The van der Waals surface area contributed by atoms with Crippen molar-refractivity contribution in [3.8, 4) is 5.75 Å². The molecule has 0 N–H and O–H groups in total. The van der Waals surface area contributed by atoms with Gasteiger partial charge in [0.05, 0.1) is 6.61 Å².